The summed E-state index contributed by atoms with van der Waals surface area (Å²) in [6.45, 7) is 3.18. The van der Waals surface area contributed by atoms with Gasteiger partial charge < -0.3 is 9.30 Å². The molecule has 5 nitrogen and oxygen atoms in total. The maximum absolute atomic E-state index is 6.11. The number of rotatable bonds is 6. The van der Waals surface area contributed by atoms with Crippen LogP contribution in [0.15, 0.2) is 61.2 Å². The smallest absolute Gasteiger partial charge is 0.0949 e. The van der Waals surface area contributed by atoms with Crippen LogP contribution in [0.3, 0.4) is 0 Å². The van der Waals surface area contributed by atoms with Crippen molar-refractivity contribution in [2.24, 2.45) is 7.05 Å². The predicted octanol–water partition coefficient (Wildman–Crippen LogP) is 3.13. The normalized spacial score (nSPS) is 17.2. The van der Waals surface area contributed by atoms with Gasteiger partial charge in [-0.1, -0.05) is 30.3 Å². The molecule has 0 unspecified atom stereocenters. The molecular formula is C21H24N4O. The lowest BCUT2D eigenvalue weighted by atomic mass is 10.0. The molecule has 0 N–H and O–H groups in total. The highest BCUT2D eigenvalue weighted by molar-refractivity contribution is 5.22. The van der Waals surface area contributed by atoms with E-state index in [1.807, 2.05) is 36.9 Å². The lowest BCUT2D eigenvalue weighted by Crippen LogP contribution is -2.38. The lowest BCUT2D eigenvalue weighted by molar-refractivity contribution is 0.0378. The van der Waals surface area contributed by atoms with Crippen LogP contribution in [0.2, 0.25) is 0 Å². The summed E-state index contributed by atoms with van der Waals surface area (Å²) in [6, 6.07) is 14.7. The monoisotopic (exact) mass is 348 g/mol. The fourth-order valence-corrected chi connectivity index (χ4v) is 3.65. The van der Waals surface area contributed by atoms with Crippen LogP contribution in [-0.2, 0) is 31.4 Å². The molecule has 3 aromatic rings. The maximum Gasteiger partial charge on any atom is 0.0949 e. The van der Waals surface area contributed by atoms with E-state index in [0.717, 1.165) is 19.5 Å². The van der Waals surface area contributed by atoms with Gasteiger partial charge in [-0.05, 0) is 23.3 Å². The number of aromatic nitrogens is 3. The van der Waals surface area contributed by atoms with E-state index in [0.29, 0.717) is 13.2 Å². The predicted molar refractivity (Wildman–Crippen MR) is 100 cm³/mol. The first-order chi connectivity index (χ1) is 12.8. The lowest BCUT2D eigenvalue weighted by Gasteiger charge is -2.35. The molecule has 0 spiro atoms. The SMILES string of the molecule is Cn1cnc2c1[C@H](COCc1ccccc1)N(Cc1ccncc1)CC2. The summed E-state index contributed by atoms with van der Waals surface area (Å²) in [5.74, 6) is 0. The maximum atomic E-state index is 6.11. The fraction of sp³-hybridized carbons (Fsp3) is 0.333. The summed E-state index contributed by atoms with van der Waals surface area (Å²) in [4.78, 5) is 11.2. The van der Waals surface area contributed by atoms with E-state index in [1.165, 1.54) is 22.5 Å². The minimum atomic E-state index is 0.211. The molecule has 1 aliphatic heterocycles. The second-order valence-electron chi connectivity index (χ2n) is 6.78. The molecule has 0 fully saturated rings. The highest BCUT2D eigenvalue weighted by Crippen LogP contribution is 2.30. The van der Waals surface area contributed by atoms with Crippen LogP contribution in [0, 0.1) is 0 Å². The molecule has 2 aromatic heterocycles. The van der Waals surface area contributed by atoms with Gasteiger partial charge in [-0.3, -0.25) is 9.88 Å². The Bertz CT molecular complexity index is 832. The standard InChI is InChI=1S/C21H24N4O/c1-24-16-23-19-9-12-25(13-17-7-10-22-11-8-17)20(21(19)24)15-26-14-18-5-3-2-4-6-18/h2-8,10-11,16,20H,9,12-15H2,1H3/t20-/m0/s1. The molecule has 26 heavy (non-hydrogen) atoms. The van der Waals surface area contributed by atoms with Crippen molar-refractivity contribution in [1.29, 1.82) is 0 Å². The van der Waals surface area contributed by atoms with Gasteiger partial charge in [0.25, 0.3) is 0 Å². The Kier molecular flexibility index (Phi) is 5.09. The minimum Gasteiger partial charge on any atom is -0.375 e. The van der Waals surface area contributed by atoms with Crippen LogP contribution in [-0.4, -0.2) is 32.6 Å². The Morgan fingerprint density at radius 1 is 1.08 bits per heavy atom. The molecule has 0 bridgehead atoms. The second-order valence-corrected chi connectivity index (χ2v) is 6.78. The van der Waals surface area contributed by atoms with Crippen LogP contribution in [0.25, 0.3) is 0 Å². The molecule has 1 aromatic carbocycles. The number of benzene rings is 1. The van der Waals surface area contributed by atoms with Gasteiger partial charge in [0.2, 0.25) is 0 Å². The Morgan fingerprint density at radius 2 is 1.88 bits per heavy atom. The number of imidazole rings is 1. The van der Waals surface area contributed by atoms with Crippen molar-refractivity contribution in [3.8, 4) is 0 Å². The van der Waals surface area contributed by atoms with Gasteiger partial charge in [-0.15, -0.1) is 0 Å². The zero-order valence-electron chi connectivity index (χ0n) is 15.1. The van der Waals surface area contributed by atoms with Gasteiger partial charge >= 0.3 is 0 Å². The van der Waals surface area contributed by atoms with Crippen LogP contribution < -0.4 is 0 Å². The van der Waals surface area contributed by atoms with E-state index in [9.17, 15) is 0 Å². The topological polar surface area (TPSA) is 43.2 Å². The third-order valence-electron chi connectivity index (χ3n) is 4.98. The molecular weight excluding hydrogens is 324 g/mol. The summed E-state index contributed by atoms with van der Waals surface area (Å²) >= 11 is 0. The number of nitrogens with zero attached hydrogens (tertiary/aromatic N) is 4. The van der Waals surface area contributed by atoms with Crippen molar-refractivity contribution in [2.75, 3.05) is 13.2 Å². The quantitative estimate of drug-likeness (QED) is 0.686. The summed E-state index contributed by atoms with van der Waals surface area (Å²) < 4.78 is 8.26. The Balaban J connectivity index is 1.50. The van der Waals surface area contributed by atoms with Crippen molar-refractivity contribution < 1.29 is 4.74 Å². The highest BCUT2D eigenvalue weighted by atomic mass is 16.5. The number of fused-ring (bicyclic) bond motifs is 1. The summed E-state index contributed by atoms with van der Waals surface area (Å²) in [5, 5.41) is 0. The number of pyridine rings is 1. The minimum absolute atomic E-state index is 0.211. The molecule has 1 atom stereocenters. The average molecular weight is 348 g/mol. The van der Waals surface area contributed by atoms with E-state index in [4.69, 9.17) is 4.74 Å². The van der Waals surface area contributed by atoms with Gasteiger partial charge in [-0.25, -0.2) is 4.98 Å². The van der Waals surface area contributed by atoms with E-state index in [1.54, 1.807) is 0 Å². The molecule has 1 aliphatic rings. The number of hydrogen-bond acceptors (Lipinski definition) is 4. The van der Waals surface area contributed by atoms with E-state index < -0.39 is 0 Å². The molecule has 0 saturated carbocycles. The molecule has 134 valence electrons. The molecule has 4 rings (SSSR count). The zero-order chi connectivity index (χ0) is 17.8. The fourth-order valence-electron chi connectivity index (χ4n) is 3.65. The molecule has 0 radical (unpaired) electrons. The van der Waals surface area contributed by atoms with Gasteiger partial charge in [-0.2, -0.15) is 0 Å². The van der Waals surface area contributed by atoms with Crippen molar-refractivity contribution in [2.45, 2.75) is 25.6 Å². The zero-order valence-corrected chi connectivity index (χ0v) is 15.1. The van der Waals surface area contributed by atoms with Crippen molar-refractivity contribution in [3.63, 3.8) is 0 Å². The van der Waals surface area contributed by atoms with E-state index in [-0.39, 0.29) is 6.04 Å². The second kappa shape index (κ2) is 7.81. The molecule has 0 aliphatic carbocycles. The number of ether oxygens (including phenoxy) is 1. The first-order valence-corrected chi connectivity index (χ1v) is 9.06. The molecule has 0 saturated heterocycles. The van der Waals surface area contributed by atoms with Crippen LogP contribution >= 0.6 is 0 Å². The van der Waals surface area contributed by atoms with Crippen molar-refractivity contribution in [1.82, 2.24) is 19.4 Å². The first-order valence-electron chi connectivity index (χ1n) is 9.06. The number of aryl methyl sites for hydroxylation is 1. The number of hydrogen-bond donors (Lipinski definition) is 0. The Morgan fingerprint density at radius 3 is 2.69 bits per heavy atom. The van der Waals surface area contributed by atoms with Crippen LogP contribution in [0.4, 0.5) is 0 Å². The van der Waals surface area contributed by atoms with E-state index in [2.05, 4.69) is 50.7 Å². The van der Waals surface area contributed by atoms with Crippen LogP contribution in [0.5, 0.6) is 0 Å². The average Bonchev–Trinajstić information content (AvgIpc) is 3.06. The van der Waals surface area contributed by atoms with Crippen molar-refractivity contribution in [3.05, 3.63) is 83.7 Å². The molecule has 3 heterocycles. The van der Waals surface area contributed by atoms with E-state index >= 15 is 0 Å². The summed E-state index contributed by atoms with van der Waals surface area (Å²) in [5.41, 5.74) is 4.96. The summed E-state index contributed by atoms with van der Waals surface area (Å²) in [6.07, 6.45) is 6.62. The third kappa shape index (κ3) is 3.69. The van der Waals surface area contributed by atoms with Gasteiger partial charge in [0.15, 0.2) is 0 Å². The Hall–Kier alpha value is -2.50. The largest absolute Gasteiger partial charge is 0.375 e. The van der Waals surface area contributed by atoms with Crippen molar-refractivity contribution >= 4 is 0 Å². The van der Waals surface area contributed by atoms with Gasteiger partial charge in [0, 0.05) is 39.0 Å². The Labute approximate surface area is 154 Å². The van der Waals surface area contributed by atoms with Crippen LogP contribution in [0.1, 0.15) is 28.6 Å². The molecule has 0 amide bonds. The van der Waals surface area contributed by atoms with Gasteiger partial charge in [0.05, 0.1) is 37.0 Å². The molecule has 5 heteroatoms. The first kappa shape index (κ1) is 16.9. The summed E-state index contributed by atoms with van der Waals surface area (Å²) in [7, 11) is 2.08. The van der Waals surface area contributed by atoms with Gasteiger partial charge in [0.1, 0.15) is 0 Å². The highest BCUT2D eigenvalue weighted by Gasteiger charge is 2.30. The third-order valence-corrected chi connectivity index (χ3v) is 4.98.